The van der Waals surface area contributed by atoms with Gasteiger partial charge in [0.25, 0.3) is 0 Å². The molecule has 0 aromatic heterocycles. The van der Waals surface area contributed by atoms with Crippen molar-refractivity contribution in [1.29, 1.82) is 0 Å². The van der Waals surface area contributed by atoms with Gasteiger partial charge < -0.3 is 5.32 Å². The van der Waals surface area contributed by atoms with Crippen LogP contribution in [0.5, 0.6) is 0 Å². The summed E-state index contributed by atoms with van der Waals surface area (Å²) >= 11 is 1.83. The third kappa shape index (κ3) is 8.64. The summed E-state index contributed by atoms with van der Waals surface area (Å²) in [6.07, 6.45) is 13.0. The zero-order valence-electron chi connectivity index (χ0n) is 23.4. The minimum absolute atomic E-state index is 0.301. The first kappa shape index (κ1) is 28.8. The topological polar surface area (TPSA) is 24.1 Å². The average molecular weight is 505 g/mol. The Balaban J connectivity index is 1.63. The molecule has 3 heteroatoms. The van der Waals surface area contributed by atoms with Gasteiger partial charge in [-0.15, -0.1) is 0 Å². The predicted molar refractivity (Wildman–Crippen MR) is 160 cm³/mol. The minimum Gasteiger partial charge on any atom is -0.309 e. The second-order valence-electron chi connectivity index (χ2n) is 11.1. The molecule has 3 rings (SSSR count). The minimum atomic E-state index is 0.301. The number of benzene rings is 2. The second kappa shape index (κ2) is 14.8. The highest BCUT2D eigenvalue weighted by Crippen LogP contribution is 2.37. The van der Waals surface area contributed by atoms with Crippen LogP contribution in [0.3, 0.4) is 0 Å². The van der Waals surface area contributed by atoms with E-state index in [0.717, 1.165) is 25.9 Å². The van der Waals surface area contributed by atoms with Crippen molar-refractivity contribution in [3.63, 3.8) is 0 Å². The third-order valence-electron chi connectivity index (χ3n) is 7.15. The molecule has 0 aliphatic heterocycles. The fraction of sp³-hybridized carbons (Fsp3) is 0.515. The van der Waals surface area contributed by atoms with Crippen LogP contribution in [0.15, 0.2) is 71.2 Å². The number of allylic oxidation sites excluding steroid dienone is 4. The Morgan fingerprint density at radius 1 is 0.806 bits per heavy atom. The van der Waals surface area contributed by atoms with E-state index in [9.17, 15) is 0 Å². The van der Waals surface area contributed by atoms with Crippen LogP contribution in [0.1, 0.15) is 120 Å². The zero-order valence-corrected chi connectivity index (χ0v) is 24.3. The van der Waals surface area contributed by atoms with E-state index in [-0.39, 0.29) is 0 Å². The lowest BCUT2D eigenvalue weighted by molar-refractivity contribution is 0.512. The van der Waals surface area contributed by atoms with Crippen LogP contribution in [0.4, 0.5) is 0 Å². The number of nitrogens with one attached hydrogen (secondary N) is 2. The number of hydrogen-bond acceptors (Lipinski definition) is 3. The normalized spacial score (nSPS) is 14.6. The van der Waals surface area contributed by atoms with Gasteiger partial charge in [-0.05, 0) is 90.6 Å². The molecular weight excluding hydrogens is 456 g/mol. The van der Waals surface area contributed by atoms with E-state index < -0.39 is 0 Å². The van der Waals surface area contributed by atoms with Crippen molar-refractivity contribution < 1.29 is 0 Å². The molecule has 0 heterocycles. The van der Waals surface area contributed by atoms with Crippen molar-refractivity contribution >= 4 is 11.9 Å². The summed E-state index contributed by atoms with van der Waals surface area (Å²) in [6.45, 7) is 15.8. The molecule has 0 saturated carbocycles. The number of rotatable bonds is 14. The van der Waals surface area contributed by atoms with Gasteiger partial charge >= 0.3 is 0 Å². The van der Waals surface area contributed by atoms with E-state index in [0.29, 0.717) is 23.8 Å². The number of hydrogen-bond donors (Lipinski definition) is 2. The van der Waals surface area contributed by atoms with Crippen molar-refractivity contribution in [2.24, 2.45) is 0 Å². The number of unbranched alkanes of at least 4 members (excludes halogenated alkanes) is 1. The van der Waals surface area contributed by atoms with E-state index in [4.69, 9.17) is 0 Å². The highest BCUT2D eigenvalue weighted by atomic mass is 32.2. The molecule has 1 aliphatic carbocycles. The van der Waals surface area contributed by atoms with Crippen LogP contribution in [-0.4, -0.2) is 13.1 Å². The highest BCUT2D eigenvalue weighted by Gasteiger charge is 2.19. The fourth-order valence-electron chi connectivity index (χ4n) is 4.80. The highest BCUT2D eigenvalue weighted by molar-refractivity contribution is 7.97. The lowest BCUT2D eigenvalue weighted by atomic mass is 9.89. The molecule has 2 aromatic carbocycles. The molecular formula is C33H48N2S. The molecule has 2 N–H and O–H groups in total. The predicted octanol–water partition coefficient (Wildman–Crippen LogP) is 9.43. The standard InChI is InChI=1S/C33H48N2S/c1-24(2)29-21-30(25(3)4)33(31(22-29)26(5)6)36-35-23-32(28-18-11-8-12-19-28)34-20-14-13-17-27-15-9-7-10-16-27/h7-9,11-12,16,18-19,21-22,24-26,32,34-35H,10,13-15,17,20,23H2,1-6H3. The summed E-state index contributed by atoms with van der Waals surface area (Å²) in [5.41, 5.74) is 7.36. The van der Waals surface area contributed by atoms with Crippen LogP contribution in [0, 0.1) is 0 Å². The first-order valence-electron chi connectivity index (χ1n) is 14.1. The maximum Gasteiger partial charge on any atom is 0.0456 e. The lowest BCUT2D eigenvalue weighted by Crippen LogP contribution is -2.30. The van der Waals surface area contributed by atoms with Crippen molar-refractivity contribution in [1.82, 2.24) is 10.0 Å². The zero-order chi connectivity index (χ0) is 25.9. The molecule has 2 aromatic rings. The summed E-state index contributed by atoms with van der Waals surface area (Å²) in [5.74, 6) is 1.55. The van der Waals surface area contributed by atoms with Gasteiger partial charge in [-0.3, -0.25) is 4.72 Å². The van der Waals surface area contributed by atoms with E-state index in [1.54, 1.807) is 5.57 Å². The van der Waals surface area contributed by atoms with E-state index in [1.165, 1.54) is 46.4 Å². The van der Waals surface area contributed by atoms with Crippen molar-refractivity contribution in [3.8, 4) is 0 Å². The van der Waals surface area contributed by atoms with Gasteiger partial charge in [0.05, 0.1) is 0 Å². The Morgan fingerprint density at radius 2 is 1.50 bits per heavy atom. The molecule has 0 spiro atoms. The van der Waals surface area contributed by atoms with Gasteiger partial charge in [-0.1, -0.05) is 108 Å². The van der Waals surface area contributed by atoms with Gasteiger partial charge in [0.2, 0.25) is 0 Å². The third-order valence-corrected chi connectivity index (χ3v) is 8.13. The summed E-state index contributed by atoms with van der Waals surface area (Å²) in [7, 11) is 0. The maximum absolute atomic E-state index is 3.85. The Bertz CT molecular complexity index is 959. The van der Waals surface area contributed by atoms with Crippen molar-refractivity contribution in [3.05, 3.63) is 88.5 Å². The Labute approximate surface area is 225 Å². The molecule has 0 amide bonds. The quantitative estimate of drug-likeness (QED) is 0.152. The largest absolute Gasteiger partial charge is 0.309 e. The molecule has 0 fully saturated rings. The van der Waals surface area contributed by atoms with Gasteiger partial charge in [0.1, 0.15) is 0 Å². The van der Waals surface area contributed by atoms with E-state index >= 15 is 0 Å². The molecule has 36 heavy (non-hydrogen) atoms. The van der Waals surface area contributed by atoms with Crippen LogP contribution in [0.25, 0.3) is 0 Å². The van der Waals surface area contributed by atoms with E-state index in [2.05, 4.69) is 112 Å². The van der Waals surface area contributed by atoms with Crippen molar-refractivity contribution in [2.45, 2.75) is 102 Å². The Kier molecular flexibility index (Phi) is 11.8. The van der Waals surface area contributed by atoms with Crippen molar-refractivity contribution in [2.75, 3.05) is 13.1 Å². The lowest BCUT2D eigenvalue weighted by Gasteiger charge is -2.24. The Hall–Kier alpha value is -1.81. The average Bonchev–Trinajstić information content (AvgIpc) is 2.88. The fourth-order valence-corrected chi connectivity index (χ4v) is 6.02. The molecule has 1 atom stereocenters. The molecule has 0 saturated heterocycles. The van der Waals surface area contributed by atoms with Crippen LogP contribution in [0.2, 0.25) is 0 Å². The van der Waals surface area contributed by atoms with Gasteiger partial charge in [0.15, 0.2) is 0 Å². The first-order valence-corrected chi connectivity index (χ1v) is 14.9. The summed E-state index contributed by atoms with van der Waals surface area (Å²) in [5, 5.41) is 3.85. The summed E-state index contributed by atoms with van der Waals surface area (Å²) in [6, 6.07) is 16.1. The second-order valence-corrected chi connectivity index (χ2v) is 12.0. The molecule has 2 nitrogen and oxygen atoms in total. The van der Waals surface area contributed by atoms with Crippen LogP contribution in [-0.2, 0) is 0 Å². The first-order chi connectivity index (χ1) is 17.4. The van der Waals surface area contributed by atoms with Gasteiger partial charge in [-0.2, -0.15) is 0 Å². The maximum atomic E-state index is 3.85. The SMILES string of the molecule is CC(C)c1cc(C(C)C)c(SNCC(NCCCCC2=CCC=CC2)c2ccccc2)c(C(C)C)c1. The van der Waals surface area contributed by atoms with Gasteiger partial charge in [-0.25, -0.2) is 0 Å². The van der Waals surface area contributed by atoms with Crippen LogP contribution >= 0.6 is 11.9 Å². The van der Waals surface area contributed by atoms with E-state index in [1.807, 2.05) is 11.9 Å². The van der Waals surface area contributed by atoms with Crippen LogP contribution < -0.4 is 10.0 Å². The monoisotopic (exact) mass is 504 g/mol. The Morgan fingerprint density at radius 3 is 2.08 bits per heavy atom. The molecule has 0 bridgehead atoms. The molecule has 1 unspecified atom stereocenters. The van der Waals surface area contributed by atoms with Gasteiger partial charge in [0, 0.05) is 17.5 Å². The summed E-state index contributed by atoms with van der Waals surface area (Å²) < 4.78 is 3.77. The molecule has 0 radical (unpaired) electrons. The molecule has 196 valence electrons. The summed E-state index contributed by atoms with van der Waals surface area (Å²) in [4.78, 5) is 1.42. The molecule has 1 aliphatic rings. The smallest absolute Gasteiger partial charge is 0.0456 e.